The minimum absolute atomic E-state index is 0.0686. The van der Waals surface area contributed by atoms with Gasteiger partial charge in [-0.2, -0.15) is 0 Å². The van der Waals surface area contributed by atoms with E-state index in [1.54, 1.807) is 13.8 Å². The second-order valence-electron chi connectivity index (χ2n) is 7.22. The Labute approximate surface area is 152 Å². The van der Waals surface area contributed by atoms with E-state index < -0.39 is 0 Å². The van der Waals surface area contributed by atoms with E-state index in [0.29, 0.717) is 31.1 Å². The maximum Gasteiger partial charge on any atom is 0.276 e. The van der Waals surface area contributed by atoms with Gasteiger partial charge in [-0.15, -0.1) is 0 Å². The molecule has 0 N–H and O–H groups in total. The Balaban J connectivity index is 1.66. The van der Waals surface area contributed by atoms with E-state index in [1.807, 2.05) is 28.0 Å². The maximum absolute atomic E-state index is 13.1. The molecule has 2 saturated heterocycles. The van der Waals surface area contributed by atoms with Crippen molar-refractivity contribution >= 4 is 11.8 Å². The lowest BCUT2D eigenvalue weighted by molar-refractivity contribution is -0.131. The third kappa shape index (κ3) is 2.79. The van der Waals surface area contributed by atoms with Crippen LogP contribution in [0.1, 0.15) is 41.1 Å². The Morgan fingerprint density at radius 2 is 1.96 bits per heavy atom. The van der Waals surface area contributed by atoms with Crippen LogP contribution in [0.3, 0.4) is 0 Å². The number of hydrogen-bond acceptors (Lipinski definition) is 4. The van der Waals surface area contributed by atoms with Gasteiger partial charge in [-0.05, 0) is 18.9 Å². The fraction of sp³-hybridized carbons (Fsp3) is 0.450. The molecule has 0 saturated carbocycles. The molecule has 2 aliphatic rings. The highest BCUT2D eigenvalue weighted by molar-refractivity contribution is 5.93. The number of nitrogens with zero attached hydrogens (tertiary/aromatic N) is 3. The SMILES string of the molecule is CC(=O)N1CC[C@@H]2[C@H](C1)[C@@H](c1ccccc1)CN2C(=O)c1ncoc1C. The molecule has 2 aromatic rings. The molecule has 2 amide bonds. The zero-order chi connectivity index (χ0) is 18.3. The lowest BCUT2D eigenvalue weighted by atomic mass is 9.82. The van der Waals surface area contributed by atoms with Crippen LogP contribution in [0, 0.1) is 12.8 Å². The first-order valence-electron chi connectivity index (χ1n) is 9.07. The van der Waals surface area contributed by atoms with Crippen molar-refractivity contribution in [2.24, 2.45) is 5.92 Å². The summed E-state index contributed by atoms with van der Waals surface area (Å²) in [5.41, 5.74) is 1.62. The highest BCUT2D eigenvalue weighted by Crippen LogP contribution is 2.42. The monoisotopic (exact) mass is 353 g/mol. The molecule has 26 heavy (non-hydrogen) atoms. The second-order valence-corrected chi connectivity index (χ2v) is 7.22. The molecule has 3 heterocycles. The van der Waals surface area contributed by atoms with Crippen LogP contribution in [0.2, 0.25) is 0 Å². The van der Waals surface area contributed by atoms with E-state index in [2.05, 4.69) is 17.1 Å². The Hall–Kier alpha value is -2.63. The number of carbonyl (C=O) groups excluding carboxylic acids is 2. The standard InChI is InChI=1S/C20H23N3O3/c1-13-19(21-12-26-13)20(25)23-11-16(15-6-4-3-5-7-15)17-10-22(14(2)24)9-8-18(17)23/h3-7,12,16-18H,8-11H2,1-2H3/t16-,17-,18-/m1/s1. The van der Waals surface area contributed by atoms with E-state index in [1.165, 1.54) is 12.0 Å². The molecule has 1 aromatic heterocycles. The molecule has 1 aromatic carbocycles. The van der Waals surface area contributed by atoms with Crippen molar-refractivity contribution in [1.29, 1.82) is 0 Å². The summed E-state index contributed by atoms with van der Waals surface area (Å²) in [5, 5.41) is 0. The average molecular weight is 353 g/mol. The number of likely N-dealkylation sites (tertiary alicyclic amines) is 2. The molecular formula is C20H23N3O3. The minimum atomic E-state index is -0.0686. The first-order valence-corrected chi connectivity index (χ1v) is 9.07. The summed E-state index contributed by atoms with van der Waals surface area (Å²) < 4.78 is 5.23. The van der Waals surface area contributed by atoms with Crippen LogP contribution in [0.5, 0.6) is 0 Å². The van der Waals surface area contributed by atoms with Gasteiger partial charge >= 0.3 is 0 Å². The highest BCUT2D eigenvalue weighted by atomic mass is 16.3. The number of benzene rings is 1. The molecular weight excluding hydrogens is 330 g/mol. The molecule has 2 fully saturated rings. The minimum Gasteiger partial charge on any atom is -0.448 e. The van der Waals surface area contributed by atoms with Crippen molar-refractivity contribution in [3.05, 3.63) is 53.7 Å². The van der Waals surface area contributed by atoms with Gasteiger partial charge in [0.1, 0.15) is 5.76 Å². The predicted octanol–water partition coefficient (Wildman–Crippen LogP) is 2.46. The van der Waals surface area contributed by atoms with Gasteiger partial charge in [0.05, 0.1) is 0 Å². The number of aromatic nitrogens is 1. The first kappa shape index (κ1) is 16.8. The maximum atomic E-state index is 13.1. The van der Waals surface area contributed by atoms with Crippen molar-refractivity contribution in [3.8, 4) is 0 Å². The van der Waals surface area contributed by atoms with E-state index in [4.69, 9.17) is 4.42 Å². The van der Waals surface area contributed by atoms with Crippen molar-refractivity contribution in [2.75, 3.05) is 19.6 Å². The summed E-state index contributed by atoms with van der Waals surface area (Å²) in [7, 11) is 0. The Bertz CT molecular complexity index is 817. The molecule has 0 aliphatic carbocycles. The van der Waals surface area contributed by atoms with Crippen molar-refractivity contribution < 1.29 is 14.0 Å². The van der Waals surface area contributed by atoms with Crippen molar-refractivity contribution in [2.45, 2.75) is 32.2 Å². The number of hydrogen-bond donors (Lipinski definition) is 0. The number of fused-ring (bicyclic) bond motifs is 1. The number of carbonyl (C=O) groups is 2. The van der Waals surface area contributed by atoms with Gasteiger partial charge in [0.15, 0.2) is 12.1 Å². The largest absolute Gasteiger partial charge is 0.448 e. The summed E-state index contributed by atoms with van der Waals surface area (Å²) in [6.45, 7) is 5.42. The van der Waals surface area contributed by atoms with Crippen LogP contribution in [0.15, 0.2) is 41.1 Å². The third-order valence-electron chi connectivity index (χ3n) is 5.81. The van der Waals surface area contributed by atoms with Gasteiger partial charge in [-0.3, -0.25) is 9.59 Å². The van der Waals surface area contributed by atoms with Crippen molar-refractivity contribution in [1.82, 2.24) is 14.8 Å². The lowest BCUT2D eigenvalue weighted by Gasteiger charge is -2.38. The molecule has 0 bridgehead atoms. The summed E-state index contributed by atoms with van der Waals surface area (Å²) in [4.78, 5) is 33.0. The smallest absolute Gasteiger partial charge is 0.276 e. The van der Waals surface area contributed by atoms with Crippen molar-refractivity contribution in [3.63, 3.8) is 0 Å². The summed E-state index contributed by atoms with van der Waals surface area (Å²) in [6, 6.07) is 10.4. The second kappa shape index (κ2) is 6.59. The third-order valence-corrected chi connectivity index (χ3v) is 5.81. The van der Waals surface area contributed by atoms with E-state index in [-0.39, 0.29) is 29.7 Å². The molecule has 6 nitrogen and oxygen atoms in total. The molecule has 0 spiro atoms. The first-order chi connectivity index (χ1) is 12.6. The topological polar surface area (TPSA) is 66.7 Å². The lowest BCUT2D eigenvalue weighted by Crippen LogP contribution is -2.49. The Kier molecular flexibility index (Phi) is 4.26. The molecule has 0 unspecified atom stereocenters. The number of piperidine rings is 1. The van der Waals surface area contributed by atoms with Crippen LogP contribution in [0.25, 0.3) is 0 Å². The quantitative estimate of drug-likeness (QED) is 0.832. The van der Waals surface area contributed by atoms with E-state index >= 15 is 0 Å². The number of oxazole rings is 1. The van der Waals surface area contributed by atoms with Crippen LogP contribution < -0.4 is 0 Å². The summed E-state index contributed by atoms with van der Waals surface area (Å²) in [5.74, 6) is 1.05. The molecule has 2 aliphatic heterocycles. The number of rotatable bonds is 2. The van der Waals surface area contributed by atoms with Gasteiger partial charge in [0.25, 0.3) is 5.91 Å². The number of aryl methyl sites for hydroxylation is 1. The molecule has 0 radical (unpaired) electrons. The van der Waals surface area contributed by atoms with E-state index in [9.17, 15) is 9.59 Å². The Morgan fingerprint density at radius 3 is 2.62 bits per heavy atom. The van der Waals surface area contributed by atoms with Gasteiger partial charge in [-0.1, -0.05) is 30.3 Å². The zero-order valence-electron chi connectivity index (χ0n) is 15.1. The fourth-order valence-electron chi connectivity index (χ4n) is 4.45. The molecule has 6 heteroatoms. The van der Waals surface area contributed by atoms with Crippen LogP contribution in [0.4, 0.5) is 0 Å². The van der Waals surface area contributed by atoms with Crippen LogP contribution in [-0.2, 0) is 4.79 Å². The highest BCUT2D eigenvalue weighted by Gasteiger charge is 2.48. The Morgan fingerprint density at radius 1 is 1.19 bits per heavy atom. The zero-order valence-corrected chi connectivity index (χ0v) is 15.1. The van der Waals surface area contributed by atoms with Gasteiger partial charge in [0.2, 0.25) is 5.91 Å². The summed E-state index contributed by atoms with van der Waals surface area (Å²) in [6.07, 6.45) is 2.12. The average Bonchev–Trinajstić information content (AvgIpc) is 3.25. The van der Waals surface area contributed by atoms with Gasteiger partial charge < -0.3 is 14.2 Å². The molecule has 136 valence electrons. The van der Waals surface area contributed by atoms with E-state index in [0.717, 1.165) is 6.42 Å². The summed E-state index contributed by atoms with van der Waals surface area (Å²) >= 11 is 0. The molecule has 3 atom stereocenters. The normalized spacial score (nSPS) is 25.2. The van der Waals surface area contributed by atoms with Gasteiger partial charge in [0, 0.05) is 44.4 Å². The number of amides is 2. The van der Waals surface area contributed by atoms with Crippen LogP contribution >= 0.6 is 0 Å². The van der Waals surface area contributed by atoms with Gasteiger partial charge in [-0.25, -0.2) is 4.98 Å². The fourth-order valence-corrected chi connectivity index (χ4v) is 4.45. The predicted molar refractivity (Wildman–Crippen MR) is 95.6 cm³/mol. The van der Waals surface area contributed by atoms with Crippen LogP contribution in [-0.4, -0.2) is 52.3 Å². The molecule has 4 rings (SSSR count).